The van der Waals surface area contributed by atoms with E-state index in [9.17, 15) is 4.39 Å². The van der Waals surface area contributed by atoms with Gasteiger partial charge in [-0.3, -0.25) is 0 Å². The molecule has 0 radical (unpaired) electrons. The molecule has 0 unspecified atom stereocenters. The molecule has 92 valence electrons. The molecule has 0 aliphatic carbocycles. The summed E-state index contributed by atoms with van der Waals surface area (Å²) in [5.74, 6) is 0.239. The zero-order valence-electron chi connectivity index (χ0n) is 9.81. The average Bonchev–Trinajstić information content (AvgIpc) is 2.35. The predicted octanol–water partition coefficient (Wildman–Crippen LogP) is 3.56. The third-order valence-electron chi connectivity index (χ3n) is 2.53. The molecule has 2 aromatic carbocycles. The normalized spacial score (nSPS) is 10.1. The zero-order chi connectivity index (χ0) is 13.1. The largest absolute Gasteiger partial charge is 0.454 e. The Morgan fingerprint density at radius 3 is 2.50 bits per heavy atom. The van der Waals surface area contributed by atoms with Crippen molar-refractivity contribution >= 4 is 17.2 Å². The van der Waals surface area contributed by atoms with Gasteiger partial charge >= 0.3 is 0 Å². The van der Waals surface area contributed by atoms with E-state index in [4.69, 9.17) is 22.7 Å². The van der Waals surface area contributed by atoms with Gasteiger partial charge in [-0.05, 0) is 30.7 Å². The van der Waals surface area contributed by atoms with Crippen LogP contribution in [0.4, 0.5) is 4.39 Å². The molecule has 0 aliphatic rings. The summed E-state index contributed by atoms with van der Waals surface area (Å²) in [4.78, 5) is 0.221. The molecule has 0 amide bonds. The highest BCUT2D eigenvalue weighted by molar-refractivity contribution is 7.80. The van der Waals surface area contributed by atoms with Crippen LogP contribution in [0.1, 0.15) is 11.1 Å². The Balaban J connectivity index is 2.40. The van der Waals surface area contributed by atoms with Gasteiger partial charge in [0.25, 0.3) is 0 Å². The van der Waals surface area contributed by atoms with Crippen molar-refractivity contribution in [1.29, 1.82) is 0 Å². The topological polar surface area (TPSA) is 35.2 Å². The summed E-state index contributed by atoms with van der Waals surface area (Å²) < 4.78 is 19.4. The summed E-state index contributed by atoms with van der Waals surface area (Å²) in [5, 5.41) is 0. The van der Waals surface area contributed by atoms with Gasteiger partial charge in [-0.25, -0.2) is 4.39 Å². The molecule has 0 aliphatic heterocycles. The van der Waals surface area contributed by atoms with Crippen molar-refractivity contribution in [1.82, 2.24) is 0 Å². The first-order valence-electron chi connectivity index (χ1n) is 5.41. The van der Waals surface area contributed by atoms with Crippen LogP contribution in [0, 0.1) is 12.7 Å². The van der Waals surface area contributed by atoms with Crippen molar-refractivity contribution in [2.45, 2.75) is 6.92 Å². The first kappa shape index (κ1) is 12.5. The summed E-state index contributed by atoms with van der Waals surface area (Å²) in [5.41, 5.74) is 6.71. The lowest BCUT2D eigenvalue weighted by atomic mass is 10.2. The van der Waals surface area contributed by atoms with Crippen LogP contribution in [0.5, 0.6) is 11.5 Å². The Labute approximate surface area is 110 Å². The quantitative estimate of drug-likeness (QED) is 0.858. The first-order chi connectivity index (χ1) is 8.59. The van der Waals surface area contributed by atoms with Crippen molar-refractivity contribution in [2.75, 3.05) is 0 Å². The third kappa shape index (κ3) is 2.49. The maximum absolute atomic E-state index is 13.8. The molecule has 0 saturated heterocycles. The van der Waals surface area contributed by atoms with Crippen molar-refractivity contribution in [2.24, 2.45) is 5.73 Å². The van der Waals surface area contributed by atoms with Crippen LogP contribution in [0.25, 0.3) is 0 Å². The fraction of sp³-hybridized carbons (Fsp3) is 0.0714. The van der Waals surface area contributed by atoms with Crippen molar-refractivity contribution in [3.63, 3.8) is 0 Å². The number of para-hydroxylation sites is 1. The highest BCUT2D eigenvalue weighted by Gasteiger charge is 2.10. The van der Waals surface area contributed by atoms with Gasteiger partial charge in [-0.2, -0.15) is 0 Å². The van der Waals surface area contributed by atoms with E-state index in [2.05, 4.69) is 0 Å². The molecule has 4 heteroatoms. The molecule has 0 aromatic heterocycles. The maximum atomic E-state index is 13.8. The van der Waals surface area contributed by atoms with Crippen LogP contribution in [0.2, 0.25) is 0 Å². The number of hydrogen-bond donors (Lipinski definition) is 1. The SMILES string of the molecule is Cc1cccc(Oc2ccccc2C(N)=S)c1F. The zero-order valence-corrected chi connectivity index (χ0v) is 10.6. The highest BCUT2D eigenvalue weighted by atomic mass is 32.1. The number of benzene rings is 2. The van der Waals surface area contributed by atoms with E-state index in [0.717, 1.165) is 0 Å². The fourth-order valence-corrected chi connectivity index (χ4v) is 1.75. The lowest BCUT2D eigenvalue weighted by Gasteiger charge is -2.11. The summed E-state index contributed by atoms with van der Waals surface area (Å²) in [7, 11) is 0. The van der Waals surface area contributed by atoms with Crippen LogP contribution in [-0.4, -0.2) is 4.99 Å². The van der Waals surface area contributed by atoms with E-state index >= 15 is 0 Å². The molecule has 0 spiro atoms. The monoisotopic (exact) mass is 261 g/mol. The van der Waals surface area contributed by atoms with Gasteiger partial charge in [0.2, 0.25) is 0 Å². The average molecular weight is 261 g/mol. The second-order valence-electron chi connectivity index (χ2n) is 3.85. The minimum Gasteiger partial charge on any atom is -0.454 e. The molecule has 0 saturated carbocycles. The molecular weight excluding hydrogens is 249 g/mol. The first-order valence-corrected chi connectivity index (χ1v) is 5.82. The Bertz CT molecular complexity index is 598. The van der Waals surface area contributed by atoms with Gasteiger partial charge in [0.1, 0.15) is 10.7 Å². The molecule has 2 aromatic rings. The third-order valence-corrected chi connectivity index (χ3v) is 2.75. The number of rotatable bonds is 3. The van der Waals surface area contributed by atoms with Crippen molar-refractivity contribution < 1.29 is 9.13 Å². The highest BCUT2D eigenvalue weighted by Crippen LogP contribution is 2.28. The van der Waals surface area contributed by atoms with E-state index in [-0.39, 0.29) is 16.6 Å². The smallest absolute Gasteiger partial charge is 0.168 e. The summed E-state index contributed by atoms with van der Waals surface area (Å²) in [6, 6.07) is 12.0. The van der Waals surface area contributed by atoms with E-state index < -0.39 is 0 Å². The van der Waals surface area contributed by atoms with Gasteiger partial charge < -0.3 is 10.5 Å². The maximum Gasteiger partial charge on any atom is 0.168 e. The van der Waals surface area contributed by atoms with Crippen LogP contribution in [0.15, 0.2) is 42.5 Å². The minimum atomic E-state index is -0.379. The number of thiocarbonyl (C=S) groups is 1. The van der Waals surface area contributed by atoms with Gasteiger partial charge in [0, 0.05) is 0 Å². The molecule has 0 fully saturated rings. The molecule has 0 atom stereocenters. The van der Waals surface area contributed by atoms with Crippen molar-refractivity contribution in [3.8, 4) is 11.5 Å². The molecule has 2 rings (SSSR count). The van der Waals surface area contributed by atoms with E-state index in [0.29, 0.717) is 16.9 Å². The van der Waals surface area contributed by atoms with Gasteiger partial charge in [0.05, 0.1) is 5.56 Å². The van der Waals surface area contributed by atoms with Crippen LogP contribution >= 0.6 is 12.2 Å². The second-order valence-corrected chi connectivity index (χ2v) is 4.29. The van der Waals surface area contributed by atoms with Crippen LogP contribution in [0.3, 0.4) is 0 Å². The van der Waals surface area contributed by atoms with Crippen LogP contribution in [-0.2, 0) is 0 Å². The van der Waals surface area contributed by atoms with Gasteiger partial charge in [0.15, 0.2) is 11.6 Å². The number of ether oxygens (including phenoxy) is 1. The summed E-state index contributed by atoms with van der Waals surface area (Å²) in [6.07, 6.45) is 0. The Morgan fingerprint density at radius 2 is 1.78 bits per heavy atom. The number of nitrogens with two attached hydrogens (primary N) is 1. The molecular formula is C14H12FNOS. The lowest BCUT2D eigenvalue weighted by Crippen LogP contribution is -2.10. The standard InChI is InChI=1S/C14H12FNOS/c1-9-5-4-8-12(13(9)15)17-11-7-3-2-6-10(11)14(16)18/h2-8H,1H3,(H2,16,18). The van der Waals surface area contributed by atoms with Gasteiger partial charge in [-0.1, -0.05) is 36.5 Å². The van der Waals surface area contributed by atoms with Crippen LogP contribution < -0.4 is 10.5 Å². The number of aryl methyl sites for hydroxylation is 1. The Hall–Kier alpha value is -1.94. The predicted molar refractivity (Wildman–Crippen MR) is 73.5 cm³/mol. The Kier molecular flexibility index (Phi) is 3.58. The molecule has 2 N–H and O–H groups in total. The minimum absolute atomic E-state index is 0.165. The molecule has 18 heavy (non-hydrogen) atoms. The van der Waals surface area contributed by atoms with E-state index in [1.54, 1.807) is 49.4 Å². The Morgan fingerprint density at radius 1 is 1.11 bits per heavy atom. The van der Waals surface area contributed by atoms with E-state index in [1.165, 1.54) is 0 Å². The van der Waals surface area contributed by atoms with Crippen molar-refractivity contribution in [3.05, 3.63) is 59.4 Å². The van der Waals surface area contributed by atoms with E-state index in [1.807, 2.05) is 0 Å². The lowest BCUT2D eigenvalue weighted by molar-refractivity contribution is 0.439. The molecule has 0 bridgehead atoms. The number of hydrogen-bond acceptors (Lipinski definition) is 2. The number of halogens is 1. The van der Waals surface area contributed by atoms with Gasteiger partial charge in [-0.15, -0.1) is 0 Å². The molecule has 2 nitrogen and oxygen atoms in total. The fourth-order valence-electron chi connectivity index (χ4n) is 1.58. The summed E-state index contributed by atoms with van der Waals surface area (Å²) in [6.45, 7) is 1.68. The molecule has 0 heterocycles. The summed E-state index contributed by atoms with van der Waals surface area (Å²) >= 11 is 4.93. The second kappa shape index (κ2) is 5.14.